The van der Waals surface area contributed by atoms with E-state index in [0.29, 0.717) is 16.8 Å². The van der Waals surface area contributed by atoms with Gasteiger partial charge in [0.05, 0.1) is 11.9 Å². The van der Waals surface area contributed by atoms with E-state index in [9.17, 15) is 9.18 Å². The second-order valence-electron chi connectivity index (χ2n) is 4.03. The SMILES string of the molecule is CNC(=O)c1nc(-c2ccc(F)c(C)c2)cnc1N. The number of nitrogens with zero attached hydrogens (tertiary/aromatic N) is 2. The van der Waals surface area contributed by atoms with Gasteiger partial charge < -0.3 is 11.1 Å². The number of amides is 1. The van der Waals surface area contributed by atoms with E-state index < -0.39 is 5.91 Å². The molecule has 3 N–H and O–H groups in total. The van der Waals surface area contributed by atoms with Gasteiger partial charge in [0.25, 0.3) is 5.91 Å². The van der Waals surface area contributed by atoms with Crippen LogP contribution in [0.5, 0.6) is 0 Å². The summed E-state index contributed by atoms with van der Waals surface area (Å²) in [6.45, 7) is 1.66. The summed E-state index contributed by atoms with van der Waals surface area (Å²) >= 11 is 0. The number of halogens is 1. The predicted molar refractivity (Wildman–Crippen MR) is 70.0 cm³/mol. The lowest BCUT2D eigenvalue weighted by Gasteiger charge is -2.07. The summed E-state index contributed by atoms with van der Waals surface area (Å²) in [6, 6.07) is 4.57. The highest BCUT2D eigenvalue weighted by molar-refractivity contribution is 5.96. The molecule has 2 aromatic rings. The molecule has 19 heavy (non-hydrogen) atoms. The molecule has 1 amide bonds. The molecule has 0 unspecified atom stereocenters. The Bertz CT molecular complexity index is 643. The first kappa shape index (κ1) is 12.9. The van der Waals surface area contributed by atoms with Crippen LogP contribution >= 0.6 is 0 Å². The number of aromatic nitrogens is 2. The maximum Gasteiger partial charge on any atom is 0.273 e. The number of nitrogen functional groups attached to an aromatic ring is 1. The Morgan fingerprint density at radius 2 is 2.16 bits per heavy atom. The van der Waals surface area contributed by atoms with E-state index in [2.05, 4.69) is 15.3 Å². The van der Waals surface area contributed by atoms with E-state index in [1.54, 1.807) is 19.1 Å². The van der Waals surface area contributed by atoms with Gasteiger partial charge in [0.2, 0.25) is 0 Å². The highest BCUT2D eigenvalue weighted by Crippen LogP contribution is 2.21. The van der Waals surface area contributed by atoms with Gasteiger partial charge in [0, 0.05) is 12.6 Å². The Balaban J connectivity index is 2.51. The van der Waals surface area contributed by atoms with Gasteiger partial charge in [-0.05, 0) is 30.7 Å². The second-order valence-corrected chi connectivity index (χ2v) is 4.03. The van der Waals surface area contributed by atoms with E-state index in [1.807, 2.05) is 0 Å². The molecule has 98 valence electrons. The quantitative estimate of drug-likeness (QED) is 0.858. The summed E-state index contributed by atoms with van der Waals surface area (Å²) in [5, 5.41) is 2.44. The molecule has 0 atom stereocenters. The molecular formula is C13H13FN4O. The lowest BCUT2D eigenvalue weighted by atomic mass is 10.1. The smallest absolute Gasteiger partial charge is 0.273 e. The zero-order chi connectivity index (χ0) is 14.0. The molecule has 0 aliphatic carbocycles. The molecule has 2 rings (SSSR count). The fraction of sp³-hybridized carbons (Fsp3) is 0.154. The molecule has 6 heteroatoms. The van der Waals surface area contributed by atoms with Gasteiger partial charge in [-0.15, -0.1) is 0 Å². The van der Waals surface area contributed by atoms with Crippen molar-refractivity contribution in [2.75, 3.05) is 12.8 Å². The molecule has 0 aliphatic heterocycles. The molecule has 0 radical (unpaired) electrons. The first-order valence-corrected chi connectivity index (χ1v) is 5.64. The number of carbonyl (C=O) groups is 1. The lowest BCUT2D eigenvalue weighted by Crippen LogP contribution is -2.21. The van der Waals surface area contributed by atoms with Crippen molar-refractivity contribution in [3.8, 4) is 11.3 Å². The van der Waals surface area contributed by atoms with Gasteiger partial charge in [-0.25, -0.2) is 14.4 Å². The molecule has 0 bridgehead atoms. The first-order chi connectivity index (χ1) is 9.02. The Morgan fingerprint density at radius 3 is 2.79 bits per heavy atom. The van der Waals surface area contributed by atoms with Gasteiger partial charge in [0.1, 0.15) is 5.82 Å². The molecule has 0 saturated heterocycles. The zero-order valence-electron chi connectivity index (χ0n) is 10.6. The summed E-state index contributed by atoms with van der Waals surface area (Å²) in [7, 11) is 1.48. The van der Waals surface area contributed by atoms with Crippen molar-refractivity contribution in [3.63, 3.8) is 0 Å². The molecule has 0 spiro atoms. The molecule has 0 aliphatic rings. The summed E-state index contributed by atoms with van der Waals surface area (Å²) in [4.78, 5) is 19.7. The Hall–Kier alpha value is -2.50. The van der Waals surface area contributed by atoms with Crippen molar-refractivity contribution in [2.24, 2.45) is 0 Å². The highest BCUT2D eigenvalue weighted by Gasteiger charge is 2.13. The minimum Gasteiger partial charge on any atom is -0.382 e. The van der Waals surface area contributed by atoms with Crippen LogP contribution in [0.15, 0.2) is 24.4 Å². The lowest BCUT2D eigenvalue weighted by molar-refractivity contribution is 0.0959. The van der Waals surface area contributed by atoms with Crippen molar-refractivity contribution >= 4 is 11.7 Å². The van der Waals surface area contributed by atoms with Gasteiger partial charge in [-0.2, -0.15) is 0 Å². The Kier molecular flexibility index (Phi) is 3.41. The van der Waals surface area contributed by atoms with Crippen LogP contribution in [0.25, 0.3) is 11.3 Å². The maximum absolute atomic E-state index is 13.2. The van der Waals surface area contributed by atoms with Crippen molar-refractivity contribution in [1.82, 2.24) is 15.3 Å². The van der Waals surface area contributed by atoms with Crippen molar-refractivity contribution in [3.05, 3.63) is 41.5 Å². The van der Waals surface area contributed by atoms with E-state index in [-0.39, 0.29) is 17.3 Å². The predicted octanol–water partition coefficient (Wildman–Crippen LogP) is 1.53. The van der Waals surface area contributed by atoms with E-state index in [1.165, 1.54) is 19.3 Å². The molecule has 5 nitrogen and oxygen atoms in total. The van der Waals surface area contributed by atoms with Crippen LogP contribution in [0, 0.1) is 12.7 Å². The summed E-state index contributed by atoms with van der Waals surface area (Å²) in [5.41, 5.74) is 7.30. The van der Waals surface area contributed by atoms with Gasteiger partial charge >= 0.3 is 0 Å². The largest absolute Gasteiger partial charge is 0.382 e. The van der Waals surface area contributed by atoms with Crippen LogP contribution in [-0.4, -0.2) is 22.9 Å². The molecule has 0 saturated carbocycles. The number of aryl methyl sites for hydroxylation is 1. The van der Waals surface area contributed by atoms with E-state index >= 15 is 0 Å². The van der Waals surface area contributed by atoms with Gasteiger partial charge in [0.15, 0.2) is 11.5 Å². The third-order valence-electron chi connectivity index (χ3n) is 2.70. The zero-order valence-corrected chi connectivity index (χ0v) is 10.6. The highest BCUT2D eigenvalue weighted by atomic mass is 19.1. The van der Waals surface area contributed by atoms with Crippen LogP contribution in [0.4, 0.5) is 10.2 Å². The minimum absolute atomic E-state index is 0.0573. The van der Waals surface area contributed by atoms with Gasteiger partial charge in [-0.3, -0.25) is 4.79 Å². The van der Waals surface area contributed by atoms with Crippen molar-refractivity contribution in [2.45, 2.75) is 6.92 Å². The monoisotopic (exact) mass is 260 g/mol. The van der Waals surface area contributed by atoms with Crippen LogP contribution in [0.2, 0.25) is 0 Å². The standard InChI is InChI=1S/C13H13FN4O/c1-7-5-8(3-4-9(7)14)10-6-17-12(15)11(18-10)13(19)16-2/h3-6H,1-2H3,(H2,15,17)(H,16,19). The Labute approximate surface area is 109 Å². The summed E-state index contributed by atoms with van der Waals surface area (Å²) in [5.74, 6) is -0.647. The maximum atomic E-state index is 13.2. The van der Waals surface area contributed by atoms with Crippen molar-refractivity contribution < 1.29 is 9.18 Å². The van der Waals surface area contributed by atoms with Crippen molar-refractivity contribution in [1.29, 1.82) is 0 Å². The number of rotatable bonds is 2. The third kappa shape index (κ3) is 2.52. The molecule has 1 heterocycles. The van der Waals surface area contributed by atoms with Crippen LogP contribution in [0.1, 0.15) is 16.1 Å². The molecule has 1 aromatic heterocycles. The minimum atomic E-state index is -0.411. The summed E-state index contributed by atoms with van der Waals surface area (Å²) < 4.78 is 13.2. The van der Waals surface area contributed by atoms with E-state index in [4.69, 9.17) is 5.73 Å². The first-order valence-electron chi connectivity index (χ1n) is 5.64. The number of anilines is 1. The van der Waals surface area contributed by atoms with Gasteiger partial charge in [-0.1, -0.05) is 0 Å². The fourth-order valence-electron chi connectivity index (χ4n) is 1.63. The fourth-order valence-corrected chi connectivity index (χ4v) is 1.63. The Morgan fingerprint density at radius 1 is 1.42 bits per heavy atom. The number of hydrogen-bond acceptors (Lipinski definition) is 4. The topological polar surface area (TPSA) is 80.9 Å². The van der Waals surface area contributed by atoms with Crippen LogP contribution in [-0.2, 0) is 0 Å². The molecule has 0 fully saturated rings. The third-order valence-corrected chi connectivity index (χ3v) is 2.70. The number of benzene rings is 1. The summed E-state index contributed by atoms with van der Waals surface area (Å²) in [6.07, 6.45) is 1.45. The second kappa shape index (κ2) is 5.01. The average Bonchev–Trinajstić information content (AvgIpc) is 2.41. The number of hydrogen-bond donors (Lipinski definition) is 2. The molecular weight excluding hydrogens is 247 g/mol. The normalized spacial score (nSPS) is 10.3. The number of carbonyl (C=O) groups excluding carboxylic acids is 1. The van der Waals surface area contributed by atoms with Crippen LogP contribution in [0.3, 0.4) is 0 Å². The number of nitrogens with one attached hydrogen (secondary N) is 1. The van der Waals surface area contributed by atoms with Crippen LogP contribution < -0.4 is 11.1 Å². The average molecular weight is 260 g/mol. The van der Waals surface area contributed by atoms with E-state index in [0.717, 1.165) is 0 Å². The molecule has 1 aromatic carbocycles. The number of nitrogens with two attached hydrogens (primary N) is 1.